The molecule has 0 aliphatic heterocycles. The van der Waals surface area contributed by atoms with Gasteiger partial charge in [0.25, 0.3) is 0 Å². The van der Waals surface area contributed by atoms with E-state index in [1.807, 2.05) is 25.1 Å². The van der Waals surface area contributed by atoms with Crippen LogP contribution >= 0.6 is 0 Å². The Morgan fingerprint density at radius 2 is 1.80 bits per heavy atom. The van der Waals surface area contributed by atoms with E-state index < -0.39 is 0 Å². The summed E-state index contributed by atoms with van der Waals surface area (Å²) >= 11 is 0. The molecule has 4 heteroatoms. The van der Waals surface area contributed by atoms with E-state index in [1.54, 1.807) is 14.2 Å². The van der Waals surface area contributed by atoms with Crippen LogP contribution in [0.3, 0.4) is 0 Å². The Balaban J connectivity index is 1.99. The average Bonchev–Trinajstić information content (AvgIpc) is 2.62. The summed E-state index contributed by atoms with van der Waals surface area (Å²) in [4.78, 5) is 12.3. The summed E-state index contributed by atoms with van der Waals surface area (Å²) in [6.45, 7) is 6.14. The molecule has 4 nitrogen and oxygen atoms in total. The van der Waals surface area contributed by atoms with Gasteiger partial charge in [0.1, 0.15) is 11.5 Å². The number of ether oxygens (including phenoxy) is 2. The molecule has 0 saturated carbocycles. The highest BCUT2D eigenvalue weighted by Gasteiger charge is 2.15. The summed E-state index contributed by atoms with van der Waals surface area (Å²) in [7, 11) is 3.25. The number of hydrogen-bond acceptors (Lipinski definition) is 3. The normalized spacial score (nSPS) is 11.7. The molecule has 0 aliphatic rings. The SMILES string of the molecule is COc1ccc(OC)c(C(C)NC(=O)CCc2ccc(C)c(C)c2)c1. The highest BCUT2D eigenvalue weighted by atomic mass is 16.5. The molecule has 1 amide bonds. The number of aryl methyl sites for hydroxylation is 3. The van der Waals surface area contributed by atoms with Crippen LogP contribution in [0, 0.1) is 13.8 Å². The summed E-state index contributed by atoms with van der Waals surface area (Å²) < 4.78 is 10.7. The van der Waals surface area contributed by atoms with Crippen LogP contribution in [0.15, 0.2) is 36.4 Å². The number of carbonyl (C=O) groups is 1. The van der Waals surface area contributed by atoms with Crippen molar-refractivity contribution >= 4 is 5.91 Å². The highest BCUT2D eigenvalue weighted by molar-refractivity contribution is 5.76. The second-order valence-corrected chi connectivity index (χ2v) is 6.32. The molecule has 0 saturated heterocycles. The van der Waals surface area contributed by atoms with Gasteiger partial charge in [0.15, 0.2) is 0 Å². The van der Waals surface area contributed by atoms with E-state index in [0.717, 1.165) is 23.5 Å². The van der Waals surface area contributed by atoms with Crippen molar-refractivity contribution in [2.45, 2.75) is 39.7 Å². The molecule has 2 aromatic rings. The number of amides is 1. The lowest BCUT2D eigenvalue weighted by atomic mass is 10.0. The Morgan fingerprint density at radius 3 is 2.44 bits per heavy atom. The lowest BCUT2D eigenvalue weighted by Crippen LogP contribution is -2.27. The molecule has 0 fully saturated rings. The van der Waals surface area contributed by atoms with Gasteiger partial charge in [-0.25, -0.2) is 0 Å². The third kappa shape index (κ3) is 4.99. The number of carbonyl (C=O) groups excluding carboxylic acids is 1. The maximum absolute atomic E-state index is 12.3. The van der Waals surface area contributed by atoms with Crippen LogP contribution in [0.5, 0.6) is 11.5 Å². The number of rotatable bonds is 7. The van der Waals surface area contributed by atoms with Gasteiger partial charge in [-0.15, -0.1) is 0 Å². The van der Waals surface area contributed by atoms with Crippen LogP contribution in [0.1, 0.15) is 41.6 Å². The lowest BCUT2D eigenvalue weighted by Gasteiger charge is -2.18. The summed E-state index contributed by atoms with van der Waals surface area (Å²) in [5.41, 5.74) is 4.62. The van der Waals surface area contributed by atoms with Crippen LogP contribution in [-0.4, -0.2) is 20.1 Å². The standard InChI is InChI=1S/C21H27NO3/c1-14-6-7-17(12-15(14)2)8-11-21(23)22-16(3)19-13-18(24-4)9-10-20(19)25-5/h6-7,9-10,12-13,16H,8,11H2,1-5H3,(H,22,23). The van der Waals surface area contributed by atoms with E-state index >= 15 is 0 Å². The molecule has 0 bridgehead atoms. The van der Waals surface area contributed by atoms with Crippen molar-refractivity contribution in [3.63, 3.8) is 0 Å². The summed E-state index contributed by atoms with van der Waals surface area (Å²) in [6.07, 6.45) is 1.19. The summed E-state index contributed by atoms with van der Waals surface area (Å²) in [5, 5.41) is 3.04. The largest absolute Gasteiger partial charge is 0.497 e. The maximum atomic E-state index is 12.3. The highest BCUT2D eigenvalue weighted by Crippen LogP contribution is 2.29. The van der Waals surface area contributed by atoms with Gasteiger partial charge >= 0.3 is 0 Å². The molecule has 1 N–H and O–H groups in total. The molecule has 25 heavy (non-hydrogen) atoms. The van der Waals surface area contributed by atoms with Crippen LogP contribution in [0.25, 0.3) is 0 Å². The van der Waals surface area contributed by atoms with Crippen LogP contribution in [0.2, 0.25) is 0 Å². The van der Waals surface area contributed by atoms with E-state index in [4.69, 9.17) is 9.47 Å². The minimum absolute atomic E-state index is 0.0237. The van der Waals surface area contributed by atoms with E-state index in [1.165, 1.54) is 16.7 Å². The molecule has 0 aliphatic carbocycles. The van der Waals surface area contributed by atoms with Gasteiger partial charge in [-0.05, 0) is 62.1 Å². The van der Waals surface area contributed by atoms with Gasteiger partial charge < -0.3 is 14.8 Å². The Hall–Kier alpha value is -2.49. The third-order valence-electron chi connectivity index (χ3n) is 4.49. The minimum atomic E-state index is -0.155. The van der Waals surface area contributed by atoms with Crippen molar-refractivity contribution in [3.8, 4) is 11.5 Å². The number of hydrogen-bond donors (Lipinski definition) is 1. The van der Waals surface area contributed by atoms with Gasteiger partial charge in [-0.3, -0.25) is 4.79 Å². The van der Waals surface area contributed by atoms with Crippen molar-refractivity contribution in [2.24, 2.45) is 0 Å². The molecule has 0 aromatic heterocycles. The van der Waals surface area contributed by atoms with E-state index in [0.29, 0.717) is 6.42 Å². The second-order valence-electron chi connectivity index (χ2n) is 6.32. The van der Waals surface area contributed by atoms with Crippen molar-refractivity contribution < 1.29 is 14.3 Å². The average molecular weight is 341 g/mol. The molecule has 0 heterocycles. The molecule has 2 aromatic carbocycles. The number of nitrogens with one attached hydrogen (secondary N) is 1. The summed E-state index contributed by atoms with van der Waals surface area (Å²) in [5.74, 6) is 1.50. The minimum Gasteiger partial charge on any atom is -0.497 e. The Labute approximate surface area is 150 Å². The maximum Gasteiger partial charge on any atom is 0.220 e. The van der Waals surface area contributed by atoms with Crippen LogP contribution in [0.4, 0.5) is 0 Å². The smallest absolute Gasteiger partial charge is 0.220 e. The quantitative estimate of drug-likeness (QED) is 0.824. The molecule has 2 rings (SSSR count). The van der Waals surface area contributed by atoms with Gasteiger partial charge in [-0.1, -0.05) is 18.2 Å². The number of benzene rings is 2. The molecule has 1 unspecified atom stereocenters. The predicted octanol–water partition coefficient (Wildman–Crippen LogP) is 4.13. The molecular formula is C21H27NO3. The van der Waals surface area contributed by atoms with Gasteiger partial charge in [0, 0.05) is 12.0 Å². The van der Waals surface area contributed by atoms with Gasteiger partial charge in [0.2, 0.25) is 5.91 Å². The van der Waals surface area contributed by atoms with Crippen molar-refractivity contribution in [3.05, 3.63) is 58.7 Å². The Morgan fingerprint density at radius 1 is 1.04 bits per heavy atom. The van der Waals surface area contributed by atoms with Crippen molar-refractivity contribution in [1.82, 2.24) is 5.32 Å². The van der Waals surface area contributed by atoms with E-state index in [9.17, 15) is 4.79 Å². The summed E-state index contributed by atoms with van der Waals surface area (Å²) in [6, 6.07) is 11.8. The number of methoxy groups -OCH3 is 2. The van der Waals surface area contributed by atoms with Crippen LogP contribution in [-0.2, 0) is 11.2 Å². The first kappa shape index (κ1) is 18.8. The zero-order valence-corrected chi connectivity index (χ0v) is 15.7. The first-order chi connectivity index (χ1) is 11.9. The molecule has 134 valence electrons. The van der Waals surface area contributed by atoms with E-state index in [2.05, 4.69) is 37.4 Å². The monoisotopic (exact) mass is 341 g/mol. The predicted molar refractivity (Wildman–Crippen MR) is 100 cm³/mol. The molecule has 1 atom stereocenters. The van der Waals surface area contributed by atoms with Gasteiger partial charge in [-0.2, -0.15) is 0 Å². The topological polar surface area (TPSA) is 47.6 Å². The van der Waals surface area contributed by atoms with E-state index in [-0.39, 0.29) is 11.9 Å². The first-order valence-electron chi connectivity index (χ1n) is 8.52. The molecular weight excluding hydrogens is 314 g/mol. The van der Waals surface area contributed by atoms with Crippen LogP contribution < -0.4 is 14.8 Å². The Bertz CT molecular complexity index is 740. The second kappa shape index (κ2) is 8.56. The lowest BCUT2D eigenvalue weighted by molar-refractivity contribution is -0.121. The fraction of sp³-hybridized carbons (Fsp3) is 0.381. The third-order valence-corrected chi connectivity index (χ3v) is 4.49. The zero-order valence-electron chi connectivity index (χ0n) is 15.7. The fourth-order valence-corrected chi connectivity index (χ4v) is 2.79. The van der Waals surface area contributed by atoms with Gasteiger partial charge in [0.05, 0.1) is 20.3 Å². The Kier molecular flexibility index (Phi) is 6.45. The molecule has 0 radical (unpaired) electrons. The van der Waals surface area contributed by atoms with Crippen molar-refractivity contribution in [1.29, 1.82) is 0 Å². The molecule has 0 spiro atoms. The van der Waals surface area contributed by atoms with Crippen molar-refractivity contribution in [2.75, 3.05) is 14.2 Å². The first-order valence-corrected chi connectivity index (χ1v) is 8.52. The fourth-order valence-electron chi connectivity index (χ4n) is 2.79. The zero-order chi connectivity index (χ0) is 18.4.